The van der Waals surface area contributed by atoms with Crippen LogP contribution in [0.1, 0.15) is 0 Å². The lowest BCUT2D eigenvalue weighted by molar-refractivity contribution is 0.246. The van der Waals surface area contributed by atoms with E-state index in [1.165, 1.54) is 19.2 Å². The molecule has 0 fully saturated rings. The van der Waals surface area contributed by atoms with Gasteiger partial charge in [0.2, 0.25) is 0 Å². The number of halogens is 2. The van der Waals surface area contributed by atoms with Gasteiger partial charge < -0.3 is 20.1 Å². The van der Waals surface area contributed by atoms with E-state index in [-0.39, 0.29) is 18.9 Å². The molecule has 0 radical (unpaired) electrons. The Hall–Kier alpha value is -2.47. The Morgan fingerprint density at radius 1 is 1.22 bits per heavy atom. The van der Waals surface area contributed by atoms with Crippen LogP contribution in [0.2, 0.25) is 5.02 Å². The minimum absolute atomic E-state index is 0.150. The molecule has 0 aliphatic heterocycles. The molecule has 7 heteroatoms. The van der Waals surface area contributed by atoms with Gasteiger partial charge in [-0.3, -0.25) is 0 Å². The lowest BCUT2D eigenvalue weighted by Crippen LogP contribution is -2.32. The first-order valence-electron chi connectivity index (χ1n) is 6.86. The van der Waals surface area contributed by atoms with Crippen molar-refractivity contribution in [2.24, 2.45) is 0 Å². The summed E-state index contributed by atoms with van der Waals surface area (Å²) in [5.74, 6) is 0.234. The van der Waals surface area contributed by atoms with Crippen LogP contribution in [-0.4, -0.2) is 26.3 Å². The van der Waals surface area contributed by atoms with E-state index >= 15 is 0 Å². The Bertz CT molecular complexity index is 682. The van der Waals surface area contributed by atoms with Crippen molar-refractivity contribution in [3.63, 3.8) is 0 Å². The summed E-state index contributed by atoms with van der Waals surface area (Å²) in [5.41, 5.74) is 0.531. The highest BCUT2D eigenvalue weighted by Crippen LogP contribution is 2.27. The van der Waals surface area contributed by atoms with Crippen molar-refractivity contribution in [3.8, 4) is 11.5 Å². The molecular weight excluding hydrogens is 323 g/mol. The summed E-state index contributed by atoms with van der Waals surface area (Å²) in [5, 5.41) is 5.62. The van der Waals surface area contributed by atoms with Crippen molar-refractivity contribution in [3.05, 3.63) is 53.3 Å². The molecule has 0 atom stereocenters. The van der Waals surface area contributed by atoms with Crippen LogP contribution in [0.5, 0.6) is 11.5 Å². The van der Waals surface area contributed by atoms with Gasteiger partial charge in [-0.15, -0.1) is 0 Å². The number of urea groups is 1. The molecule has 0 heterocycles. The second-order valence-corrected chi connectivity index (χ2v) is 4.92. The number of carbonyl (C=O) groups excluding carboxylic acids is 1. The molecule has 0 spiro atoms. The average molecular weight is 339 g/mol. The lowest BCUT2D eigenvalue weighted by atomic mass is 10.3. The number of amides is 2. The second-order valence-electron chi connectivity index (χ2n) is 4.51. The molecule has 122 valence electrons. The zero-order valence-corrected chi connectivity index (χ0v) is 13.2. The molecular formula is C16H16ClFN2O3. The van der Waals surface area contributed by atoms with Gasteiger partial charge in [0.15, 0.2) is 11.6 Å². The van der Waals surface area contributed by atoms with Gasteiger partial charge in [-0.1, -0.05) is 23.7 Å². The van der Waals surface area contributed by atoms with Crippen LogP contribution >= 0.6 is 11.6 Å². The Kier molecular flexibility index (Phi) is 6.05. The van der Waals surface area contributed by atoms with E-state index in [1.54, 1.807) is 30.3 Å². The molecule has 0 aliphatic carbocycles. The monoisotopic (exact) mass is 338 g/mol. The molecule has 0 saturated heterocycles. The molecule has 2 aromatic carbocycles. The SMILES string of the molecule is COc1ccc(NC(=O)NCCOc2ccccc2F)cc1Cl. The van der Waals surface area contributed by atoms with Gasteiger partial charge in [-0.25, -0.2) is 9.18 Å². The fourth-order valence-corrected chi connectivity index (χ4v) is 2.06. The summed E-state index contributed by atoms with van der Waals surface area (Å²) in [7, 11) is 1.51. The standard InChI is InChI=1S/C16H16ClFN2O3/c1-22-14-7-6-11(10-12(14)17)20-16(21)19-8-9-23-15-5-3-2-4-13(15)18/h2-7,10H,8-9H2,1H3,(H2,19,20,21). The first kappa shape index (κ1) is 16.9. The molecule has 0 aromatic heterocycles. The summed E-state index contributed by atoms with van der Waals surface area (Å²) in [6.07, 6.45) is 0. The number of ether oxygens (including phenoxy) is 2. The van der Waals surface area contributed by atoms with Gasteiger partial charge in [0.25, 0.3) is 0 Å². The molecule has 2 aromatic rings. The van der Waals surface area contributed by atoms with Crippen LogP contribution in [0.4, 0.5) is 14.9 Å². The molecule has 0 unspecified atom stereocenters. The Labute approximate surface area is 138 Å². The number of rotatable bonds is 6. The van der Waals surface area contributed by atoms with Gasteiger partial charge in [0.1, 0.15) is 12.4 Å². The fourth-order valence-electron chi connectivity index (χ4n) is 1.81. The summed E-state index contributed by atoms with van der Waals surface area (Å²) in [4.78, 5) is 11.7. The number of anilines is 1. The lowest BCUT2D eigenvalue weighted by Gasteiger charge is -2.10. The third-order valence-electron chi connectivity index (χ3n) is 2.89. The van der Waals surface area contributed by atoms with Gasteiger partial charge >= 0.3 is 6.03 Å². The minimum Gasteiger partial charge on any atom is -0.495 e. The molecule has 2 N–H and O–H groups in total. The molecule has 5 nitrogen and oxygen atoms in total. The number of hydrogen-bond donors (Lipinski definition) is 2. The molecule has 0 bridgehead atoms. The van der Waals surface area contributed by atoms with Crippen molar-refractivity contribution in [1.82, 2.24) is 5.32 Å². The summed E-state index contributed by atoms with van der Waals surface area (Å²) in [6, 6.07) is 10.6. The highest BCUT2D eigenvalue weighted by molar-refractivity contribution is 6.32. The zero-order valence-electron chi connectivity index (χ0n) is 12.4. The Morgan fingerprint density at radius 2 is 2.00 bits per heavy atom. The van der Waals surface area contributed by atoms with E-state index in [1.807, 2.05) is 0 Å². The summed E-state index contributed by atoms with van der Waals surface area (Å²) in [6.45, 7) is 0.377. The molecule has 0 saturated carbocycles. The van der Waals surface area contributed by atoms with Crippen LogP contribution in [0.15, 0.2) is 42.5 Å². The average Bonchev–Trinajstić information content (AvgIpc) is 2.53. The van der Waals surface area contributed by atoms with E-state index in [0.717, 1.165) is 0 Å². The Balaban J connectivity index is 1.75. The van der Waals surface area contributed by atoms with Crippen molar-refractivity contribution in [2.75, 3.05) is 25.6 Å². The van der Waals surface area contributed by atoms with Crippen LogP contribution < -0.4 is 20.1 Å². The smallest absolute Gasteiger partial charge is 0.319 e. The third kappa shape index (κ3) is 5.03. The molecule has 2 amide bonds. The van der Waals surface area contributed by atoms with E-state index in [0.29, 0.717) is 16.5 Å². The number of carbonyl (C=O) groups is 1. The Morgan fingerprint density at radius 3 is 2.70 bits per heavy atom. The normalized spacial score (nSPS) is 10.0. The van der Waals surface area contributed by atoms with Crippen LogP contribution in [0, 0.1) is 5.82 Å². The van der Waals surface area contributed by atoms with E-state index < -0.39 is 11.8 Å². The first-order valence-corrected chi connectivity index (χ1v) is 7.23. The number of para-hydroxylation sites is 1. The van der Waals surface area contributed by atoms with Crippen molar-refractivity contribution >= 4 is 23.3 Å². The second kappa shape index (κ2) is 8.24. The topological polar surface area (TPSA) is 59.6 Å². The summed E-state index contributed by atoms with van der Waals surface area (Å²) < 4.78 is 23.6. The number of hydrogen-bond acceptors (Lipinski definition) is 3. The van der Waals surface area contributed by atoms with E-state index in [9.17, 15) is 9.18 Å². The predicted octanol–water partition coefficient (Wildman–Crippen LogP) is 3.69. The van der Waals surface area contributed by atoms with Gasteiger partial charge in [-0.2, -0.15) is 0 Å². The van der Waals surface area contributed by atoms with E-state index in [4.69, 9.17) is 21.1 Å². The third-order valence-corrected chi connectivity index (χ3v) is 3.19. The van der Waals surface area contributed by atoms with Crippen molar-refractivity contribution in [2.45, 2.75) is 0 Å². The number of methoxy groups -OCH3 is 1. The predicted molar refractivity (Wildman–Crippen MR) is 86.9 cm³/mol. The first-order chi connectivity index (χ1) is 11.1. The fraction of sp³-hybridized carbons (Fsp3) is 0.188. The number of benzene rings is 2. The number of nitrogens with one attached hydrogen (secondary N) is 2. The van der Waals surface area contributed by atoms with Gasteiger partial charge in [0, 0.05) is 5.69 Å². The largest absolute Gasteiger partial charge is 0.495 e. The molecule has 2 rings (SSSR count). The maximum Gasteiger partial charge on any atom is 0.319 e. The quantitative estimate of drug-likeness (QED) is 0.790. The molecule has 23 heavy (non-hydrogen) atoms. The van der Waals surface area contributed by atoms with Crippen LogP contribution in [0.25, 0.3) is 0 Å². The maximum atomic E-state index is 13.3. The van der Waals surface area contributed by atoms with Crippen LogP contribution in [-0.2, 0) is 0 Å². The minimum atomic E-state index is -0.440. The summed E-state index contributed by atoms with van der Waals surface area (Å²) >= 11 is 5.97. The zero-order chi connectivity index (χ0) is 16.7. The van der Waals surface area contributed by atoms with Gasteiger partial charge in [-0.05, 0) is 30.3 Å². The highest BCUT2D eigenvalue weighted by atomic mass is 35.5. The van der Waals surface area contributed by atoms with Crippen molar-refractivity contribution < 1.29 is 18.7 Å². The maximum absolute atomic E-state index is 13.3. The van der Waals surface area contributed by atoms with Gasteiger partial charge in [0.05, 0.1) is 18.7 Å². The molecule has 0 aliphatic rings. The van der Waals surface area contributed by atoms with Crippen LogP contribution in [0.3, 0.4) is 0 Å². The van der Waals surface area contributed by atoms with E-state index in [2.05, 4.69) is 10.6 Å². The van der Waals surface area contributed by atoms with Crippen molar-refractivity contribution in [1.29, 1.82) is 0 Å². The highest BCUT2D eigenvalue weighted by Gasteiger charge is 2.06.